The smallest absolute Gasteiger partial charge is 0.101 e. The van der Waals surface area contributed by atoms with Gasteiger partial charge in [-0.1, -0.05) is 97.8 Å². The average molecular weight is 365 g/mol. The molecule has 154 valence electrons. The van der Waals surface area contributed by atoms with Crippen LogP contribution in [-0.2, 0) is 0 Å². The van der Waals surface area contributed by atoms with Crippen molar-refractivity contribution in [3.63, 3.8) is 0 Å². The number of nitrogens with zero attached hydrogens (tertiary/aromatic N) is 2. The zero-order valence-corrected chi connectivity index (χ0v) is 18.4. The van der Waals surface area contributed by atoms with Gasteiger partial charge in [0.1, 0.15) is 6.17 Å². The largest absolute Gasteiger partial charge is 0.356 e. The molecule has 0 spiro atoms. The first kappa shape index (κ1) is 23.4. The molecule has 0 fully saturated rings. The molecule has 0 amide bonds. The molecular formula is C24H48N2. The van der Waals surface area contributed by atoms with E-state index in [0.29, 0.717) is 6.17 Å². The lowest BCUT2D eigenvalue weighted by Gasteiger charge is -2.33. The lowest BCUT2D eigenvalue weighted by Crippen LogP contribution is -2.39. The third kappa shape index (κ3) is 10.5. The Morgan fingerprint density at radius 3 is 1.35 bits per heavy atom. The summed E-state index contributed by atoms with van der Waals surface area (Å²) < 4.78 is 0. The quantitative estimate of drug-likeness (QED) is 0.230. The van der Waals surface area contributed by atoms with Crippen molar-refractivity contribution < 1.29 is 0 Å². The summed E-state index contributed by atoms with van der Waals surface area (Å²) in [5.41, 5.74) is 0. The van der Waals surface area contributed by atoms with Crippen LogP contribution in [0.4, 0.5) is 0 Å². The van der Waals surface area contributed by atoms with Crippen LogP contribution in [0.3, 0.4) is 0 Å². The van der Waals surface area contributed by atoms with Gasteiger partial charge < -0.3 is 9.80 Å². The first-order valence-electron chi connectivity index (χ1n) is 12.0. The van der Waals surface area contributed by atoms with Crippen molar-refractivity contribution in [1.29, 1.82) is 0 Å². The Kier molecular flexibility index (Phi) is 14.8. The Balaban J connectivity index is 2.31. The molecule has 1 aliphatic heterocycles. The van der Waals surface area contributed by atoms with Crippen molar-refractivity contribution in [2.75, 3.05) is 13.1 Å². The maximum atomic E-state index is 2.65. The van der Waals surface area contributed by atoms with Crippen molar-refractivity contribution in [1.82, 2.24) is 9.80 Å². The molecule has 0 saturated carbocycles. The Morgan fingerprint density at radius 2 is 0.885 bits per heavy atom. The van der Waals surface area contributed by atoms with Gasteiger partial charge in [0, 0.05) is 25.5 Å². The van der Waals surface area contributed by atoms with Crippen LogP contribution in [0, 0.1) is 0 Å². The molecule has 26 heavy (non-hydrogen) atoms. The molecule has 0 aromatic heterocycles. The van der Waals surface area contributed by atoms with Crippen molar-refractivity contribution in [2.45, 2.75) is 130 Å². The van der Waals surface area contributed by atoms with Crippen LogP contribution in [-0.4, -0.2) is 29.1 Å². The molecule has 0 bridgehead atoms. The lowest BCUT2D eigenvalue weighted by atomic mass is 10.1. The fourth-order valence-electron chi connectivity index (χ4n) is 4.07. The van der Waals surface area contributed by atoms with Gasteiger partial charge in [-0.25, -0.2) is 0 Å². The van der Waals surface area contributed by atoms with E-state index in [1.54, 1.807) is 0 Å². The van der Waals surface area contributed by atoms with Gasteiger partial charge in [0.2, 0.25) is 0 Å². The minimum Gasteiger partial charge on any atom is -0.356 e. The Morgan fingerprint density at radius 1 is 0.500 bits per heavy atom. The molecular weight excluding hydrogens is 316 g/mol. The van der Waals surface area contributed by atoms with Crippen molar-refractivity contribution in [3.8, 4) is 0 Å². The monoisotopic (exact) mass is 364 g/mol. The van der Waals surface area contributed by atoms with Crippen molar-refractivity contribution >= 4 is 0 Å². The summed E-state index contributed by atoms with van der Waals surface area (Å²) >= 11 is 0. The van der Waals surface area contributed by atoms with E-state index in [9.17, 15) is 0 Å². The molecule has 0 aromatic rings. The third-order valence-corrected chi connectivity index (χ3v) is 5.82. The predicted molar refractivity (Wildman–Crippen MR) is 117 cm³/mol. The second kappa shape index (κ2) is 16.5. The normalized spacial score (nSPS) is 16.8. The van der Waals surface area contributed by atoms with Gasteiger partial charge in [-0.15, -0.1) is 0 Å². The van der Waals surface area contributed by atoms with Crippen LogP contribution < -0.4 is 0 Å². The van der Waals surface area contributed by atoms with Gasteiger partial charge >= 0.3 is 0 Å². The zero-order valence-electron chi connectivity index (χ0n) is 18.4. The maximum absolute atomic E-state index is 2.65. The summed E-state index contributed by atoms with van der Waals surface area (Å²) in [6.07, 6.45) is 27.6. The van der Waals surface area contributed by atoms with Crippen LogP contribution in [0.1, 0.15) is 124 Å². The van der Waals surface area contributed by atoms with Gasteiger partial charge in [-0.2, -0.15) is 0 Å². The Hall–Kier alpha value is -0.660. The number of hydrogen-bond donors (Lipinski definition) is 0. The molecule has 1 atom stereocenters. The van der Waals surface area contributed by atoms with Gasteiger partial charge in [-0.05, 0) is 25.7 Å². The first-order chi connectivity index (χ1) is 12.8. The van der Waals surface area contributed by atoms with Crippen LogP contribution in [0.15, 0.2) is 12.4 Å². The van der Waals surface area contributed by atoms with E-state index in [2.05, 4.69) is 43.0 Å². The average Bonchev–Trinajstić information content (AvgIpc) is 3.03. The highest BCUT2D eigenvalue weighted by atomic mass is 15.4. The van der Waals surface area contributed by atoms with Gasteiger partial charge in [-0.3, -0.25) is 0 Å². The Bertz CT molecular complexity index is 326. The topological polar surface area (TPSA) is 6.48 Å². The van der Waals surface area contributed by atoms with E-state index >= 15 is 0 Å². The van der Waals surface area contributed by atoms with Crippen LogP contribution in [0.2, 0.25) is 0 Å². The maximum Gasteiger partial charge on any atom is 0.101 e. The van der Waals surface area contributed by atoms with Crippen LogP contribution in [0.5, 0.6) is 0 Å². The summed E-state index contributed by atoms with van der Waals surface area (Å²) in [5.74, 6) is 0. The molecule has 0 N–H and O–H groups in total. The number of rotatable bonds is 18. The first-order valence-corrected chi connectivity index (χ1v) is 12.0. The molecule has 2 heteroatoms. The zero-order chi connectivity index (χ0) is 18.9. The van der Waals surface area contributed by atoms with Crippen LogP contribution in [0.25, 0.3) is 0 Å². The number of hydrogen-bond acceptors (Lipinski definition) is 2. The molecule has 0 radical (unpaired) electrons. The predicted octanol–water partition coefficient (Wildman–Crippen LogP) is 7.70. The minimum absolute atomic E-state index is 0.647. The molecule has 0 aliphatic carbocycles. The highest BCUT2D eigenvalue weighted by molar-refractivity contribution is 4.96. The van der Waals surface area contributed by atoms with E-state index < -0.39 is 0 Å². The van der Waals surface area contributed by atoms with Crippen molar-refractivity contribution in [2.24, 2.45) is 0 Å². The second-order valence-corrected chi connectivity index (χ2v) is 8.29. The van der Waals surface area contributed by atoms with E-state index in [-0.39, 0.29) is 0 Å². The summed E-state index contributed by atoms with van der Waals surface area (Å²) in [7, 11) is 0. The molecule has 1 unspecified atom stereocenters. The molecule has 1 aliphatic rings. The van der Waals surface area contributed by atoms with Crippen LogP contribution >= 0.6 is 0 Å². The summed E-state index contributed by atoms with van der Waals surface area (Å²) in [4.78, 5) is 5.30. The highest BCUT2D eigenvalue weighted by Gasteiger charge is 2.24. The minimum atomic E-state index is 0.647. The highest BCUT2D eigenvalue weighted by Crippen LogP contribution is 2.23. The van der Waals surface area contributed by atoms with E-state index in [4.69, 9.17) is 0 Å². The molecule has 0 saturated heterocycles. The SMILES string of the molecule is CCCCCCCCN1C=CN(CCCCCCC)C1CCCCCC. The summed E-state index contributed by atoms with van der Waals surface area (Å²) in [6.45, 7) is 9.42. The van der Waals surface area contributed by atoms with Gasteiger partial charge in [0.05, 0.1) is 0 Å². The van der Waals surface area contributed by atoms with E-state index in [1.807, 2.05) is 0 Å². The lowest BCUT2D eigenvalue weighted by molar-refractivity contribution is 0.135. The van der Waals surface area contributed by atoms with Crippen molar-refractivity contribution in [3.05, 3.63) is 12.4 Å². The molecule has 1 rings (SSSR count). The molecule has 2 nitrogen and oxygen atoms in total. The summed E-state index contributed by atoms with van der Waals surface area (Å²) in [6, 6.07) is 0. The second-order valence-electron chi connectivity index (χ2n) is 8.29. The third-order valence-electron chi connectivity index (χ3n) is 5.82. The molecule has 1 heterocycles. The standard InChI is InChI=1S/C24H48N2/c1-4-7-10-13-15-18-21-26-23-22-25(20-17-14-11-8-5-2)24(26)19-16-12-9-6-3/h22-24H,4-21H2,1-3H3. The molecule has 0 aromatic carbocycles. The fourth-order valence-corrected chi connectivity index (χ4v) is 4.07. The van der Waals surface area contributed by atoms with Gasteiger partial charge in [0.15, 0.2) is 0 Å². The fraction of sp³-hybridized carbons (Fsp3) is 0.917. The summed E-state index contributed by atoms with van der Waals surface area (Å²) in [5, 5.41) is 0. The number of unbranched alkanes of at least 4 members (excludes halogenated alkanes) is 12. The van der Waals surface area contributed by atoms with E-state index in [1.165, 1.54) is 116 Å². The van der Waals surface area contributed by atoms with E-state index in [0.717, 1.165) is 0 Å². The van der Waals surface area contributed by atoms with Gasteiger partial charge in [0.25, 0.3) is 0 Å². The Labute approximate surface area is 165 Å².